The van der Waals surface area contributed by atoms with Gasteiger partial charge >= 0.3 is 0 Å². The number of benzene rings is 2. The van der Waals surface area contributed by atoms with E-state index < -0.39 is 0 Å². The fraction of sp³-hybridized carbons (Fsp3) is 0.261. The lowest BCUT2D eigenvalue weighted by Crippen LogP contribution is -2.48. The van der Waals surface area contributed by atoms with Crippen molar-refractivity contribution in [3.8, 4) is 11.3 Å². The van der Waals surface area contributed by atoms with Gasteiger partial charge in [0.2, 0.25) is 11.8 Å². The second-order valence-corrected chi connectivity index (χ2v) is 10.4. The average Bonchev–Trinajstić information content (AvgIpc) is 3.28. The molecule has 0 aliphatic carbocycles. The Kier molecular flexibility index (Phi) is 7.49. The first kappa shape index (κ1) is 22.8. The summed E-state index contributed by atoms with van der Waals surface area (Å²) in [6.07, 6.45) is 0. The number of carbonyl (C=O) groups excluding carboxylic acids is 2. The third-order valence-electron chi connectivity index (χ3n) is 5.19. The number of carbonyl (C=O) groups is 2. The number of hydrogen-bond acceptors (Lipinski definition) is 6. The molecule has 1 fully saturated rings. The monoisotopic (exact) mass is 530 g/mol. The molecule has 1 aromatic heterocycles. The minimum atomic E-state index is -0.0572. The van der Waals surface area contributed by atoms with Crippen molar-refractivity contribution < 1.29 is 9.59 Å². The molecule has 0 unspecified atom stereocenters. The zero-order valence-corrected chi connectivity index (χ0v) is 20.8. The molecule has 9 heteroatoms. The number of nitrogens with one attached hydrogen (secondary N) is 1. The molecule has 1 aliphatic heterocycles. The molecule has 0 spiro atoms. The number of hydrogen-bond donors (Lipinski definition) is 1. The van der Waals surface area contributed by atoms with Crippen LogP contribution in [0.2, 0.25) is 0 Å². The molecule has 1 aliphatic rings. The zero-order valence-electron chi connectivity index (χ0n) is 17.6. The summed E-state index contributed by atoms with van der Waals surface area (Å²) in [5.74, 6) is 0.378. The van der Waals surface area contributed by atoms with E-state index in [0.29, 0.717) is 5.75 Å². The highest BCUT2D eigenvalue weighted by Gasteiger charge is 2.18. The molecular formula is C23H23BrN4O2S2. The first-order chi connectivity index (χ1) is 15.5. The predicted octanol–water partition coefficient (Wildman–Crippen LogP) is 4.97. The van der Waals surface area contributed by atoms with E-state index in [0.717, 1.165) is 57.6 Å². The van der Waals surface area contributed by atoms with Gasteiger partial charge in [0, 0.05) is 59.9 Å². The Balaban J connectivity index is 1.26. The van der Waals surface area contributed by atoms with Crippen LogP contribution >= 0.6 is 39.0 Å². The Labute approximate surface area is 204 Å². The molecule has 0 atom stereocenters. The van der Waals surface area contributed by atoms with E-state index in [1.54, 1.807) is 18.3 Å². The number of thioether (sulfide) groups is 1. The van der Waals surface area contributed by atoms with Crippen molar-refractivity contribution in [3.05, 3.63) is 58.4 Å². The van der Waals surface area contributed by atoms with Gasteiger partial charge in [0.25, 0.3) is 0 Å². The topological polar surface area (TPSA) is 65.5 Å². The number of halogens is 1. The van der Waals surface area contributed by atoms with Crippen LogP contribution in [-0.4, -0.2) is 53.6 Å². The maximum Gasteiger partial charge on any atom is 0.234 e. The molecule has 4 rings (SSSR count). The van der Waals surface area contributed by atoms with E-state index in [-0.39, 0.29) is 11.8 Å². The minimum Gasteiger partial charge on any atom is -0.368 e. The number of nitrogens with zero attached hydrogens (tertiary/aromatic N) is 3. The average molecular weight is 532 g/mol. The van der Waals surface area contributed by atoms with Crippen LogP contribution in [-0.2, 0) is 9.59 Å². The molecule has 1 N–H and O–H groups in total. The summed E-state index contributed by atoms with van der Waals surface area (Å²) in [6, 6.07) is 15.9. The maximum atomic E-state index is 12.4. The quantitative estimate of drug-likeness (QED) is 0.455. The largest absolute Gasteiger partial charge is 0.368 e. The molecule has 6 nitrogen and oxygen atoms in total. The van der Waals surface area contributed by atoms with Gasteiger partial charge in [-0.05, 0) is 36.4 Å². The van der Waals surface area contributed by atoms with Crippen molar-refractivity contribution in [2.24, 2.45) is 0 Å². The van der Waals surface area contributed by atoms with E-state index in [2.05, 4.69) is 31.1 Å². The van der Waals surface area contributed by atoms with Crippen molar-refractivity contribution in [1.82, 2.24) is 9.88 Å². The van der Waals surface area contributed by atoms with Gasteiger partial charge < -0.3 is 15.1 Å². The Hall–Kier alpha value is -2.36. The number of rotatable bonds is 6. The number of piperazine rings is 1. The maximum absolute atomic E-state index is 12.4. The number of aromatic nitrogens is 1. The fourth-order valence-corrected chi connectivity index (χ4v) is 5.34. The van der Waals surface area contributed by atoms with E-state index in [4.69, 9.17) is 0 Å². The fourth-order valence-electron chi connectivity index (χ4n) is 3.44. The highest BCUT2D eigenvalue weighted by Crippen LogP contribution is 2.29. The second kappa shape index (κ2) is 10.5. The van der Waals surface area contributed by atoms with Gasteiger partial charge in [-0.15, -0.1) is 11.3 Å². The Bertz CT molecular complexity index is 1080. The summed E-state index contributed by atoms with van der Waals surface area (Å²) in [5, 5.41) is 4.96. The Morgan fingerprint density at radius 1 is 1.06 bits per heavy atom. The van der Waals surface area contributed by atoms with Crippen LogP contribution in [0.25, 0.3) is 11.3 Å². The first-order valence-corrected chi connectivity index (χ1v) is 12.9. The lowest BCUT2D eigenvalue weighted by Gasteiger charge is -2.35. The molecule has 32 heavy (non-hydrogen) atoms. The lowest BCUT2D eigenvalue weighted by molar-refractivity contribution is -0.129. The van der Waals surface area contributed by atoms with Crippen LogP contribution < -0.4 is 10.2 Å². The SMILES string of the molecule is CC(=O)N1CCN(c2ccc(NC(=O)CSc3nc(-c4ccc(Br)cc4)cs3)cc2)CC1. The summed E-state index contributed by atoms with van der Waals surface area (Å²) in [6.45, 7) is 4.73. The van der Waals surface area contributed by atoms with Crippen molar-refractivity contribution in [2.75, 3.05) is 42.1 Å². The molecule has 166 valence electrons. The van der Waals surface area contributed by atoms with Crippen molar-refractivity contribution >= 4 is 62.2 Å². The molecule has 2 aromatic carbocycles. The number of anilines is 2. The van der Waals surface area contributed by atoms with Crippen molar-refractivity contribution in [2.45, 2.75) is 11.3 Å². The molecular weight excluding hydrogens is 508 g/mol. The second-order valence-electron chi connectivity index (χ2n) is 7.38. The van der Waals surface area contributed by atoms with E-state index in [9.17, 15) is 9.59 Å². The van der Waals surface area contributed by atoms with Crippen LogP contribution in [0.3, 0.4) is 0 Å². The molecule has 2 heterocycles. The highest BCUT2D eigenvalue weighted by atomic mass is 79.9. The van der Waals surface area contributed by atoms with Crippen LogP contribution in [0.15, 0.2) is 62.7 Å². The van der Waals surface area contributed by atoms with Gasteiger partial charge in [-0.25, -0.2) is 4.98 Å². The Morgan fingerprint density at radius 2 is 1.75 bits per heavy atom. The van der Waals surface area contributed by atoms with Gasteiger partial charge in [0.1, 0.15) is 0 Å². The summed E-state index contributed by atoms with van der Waals surface area (Å²) >= 11 is 6.43. The third-order valence-corrected chi connectivity index (χ3v) is 7.74. The standard InChI is InChI=1S/C23H23BrN4O2S2/c1-16(29)27-10-12-28(13-11-27)20-8-6-19(7-9-20)25-22(30)15-32-23-26-21(14-31-23)17-2-4-18(24)5-3-17/h2-9,14H,10-13,15H2,1H3,(H,25,30). The van der Waals surface area contributed by atoms with Gasteiger partial charge in [-0.1, -0.05) is 39.8 Å². The van der Waals surface area contributed by atoms with E-state index >= 15 is 0 Å². The highest BCUT2D eigenvalue weighted by molar-refractivity contribution is 9.10. The van der Waals surface area contributed by atoms with Crippen molar-refractivity contribution in [3.63, 3.8) is 0 Å². The van der Waals surface area contributed by atoms with Gasteiger partial charge in [-0.3, -0.25) is 9.59 Å². The predicted molar refractivity (Wildman–Crippen MR) is 136 cm³/mol. The van der Waals surface area contributed by atoms with Gasteiger partial charge in [0.15, 0.2) is 4.34 Å². The van der Waals surface area contributed by atoms with Crippen LogP contribution in [0.5, 0.6) is 0 Å². The number of thiazole rings is 1. The number of amides is 2. The van der Waals surface area contributed by atoms with Gasteiger partial charge in [0.05, 0.1) is 11.4 Å². The van der Waals surface area contributed by atoms with E-state index in [1.807, 2.05) is 58.8 Å². The lowest BCUT2D eigenvalue weighted by atomic mass is 10.2. The van der Waals surface area contributed by atoms with E-state index in [1.165, 1.54) is 11.8 Å². The zero-order chi connectivity index (χ0) is 22.5. The molecule has 0 radical (unpaired) electrons. The molecule has 1 saturated heterocycles. The van der Waals surface area contributed by atoms with Gasteiger partial charge in [-0.2, -0.15) is 0 Å². The third kappa shape index (κ3) is 5.90. The smallest absolute Gasteiger partial charge is 0.234 e. The normalized spacial score (nSPS) is 13.8. The minimum absolute atomic E-state index is 0.0572. The summed E-state index contributed by atoms with van der Waals surface area (Å²) in [5.41, 5.74) is 3.86. The molecule has 3 aromatic rings. The van der Waals surface area contributed by atoms with Crippen LogP contribution in [0, 0.1) is 0 Å². The summed E-state index contributed by atoms with van der Waals surface area (Å²) in [4.78, 5) is 32.6. The molecule has 2 amide bonds. The Morgan fingerprint density at radius 3 is 2.41 bits per heavy atom. The van der Waals surface area contributed by atoms with Crippen LogP contribution in [0.1, 0.15) is 6.92 Å². The first-order valence-electron chi connectivity index (χ1n) is 10.2. The van der Waals surface area contributed by atoms with Crippen molar-refractivity contribution in [1.29, 1.82) is 0 Å². The molecule has 0 saturated carbocycles. The molecule has 0 bridgehead atoms. The summed E-state index contributed by atoms with van der Waals surface area (Å²) < 4.78 is 1.91. The summed E-state index contributed by atoms with van der Waals surface area (Å²) in [7, 11) is 0. The van der Waals surface area contributed by atoms with Crippen LogP contribution in [0.4, 0.5) is 11.4 Å².